The molecule has 3 rings (SSSR count). The number of halogens is 1. The van der Waals surface area contributed by atoms with Gasteiger partial charge in [-0.2, -0.15) is 18.4 Å². The van der Waals surface area contributed by atoms with Crippen molar-refractivity contribution in [3.05, 3.63) is 11.6 Å². The van der Waals surface area contributed by atoms with E-state index in [4.69, 9.17) is 27.8 Å². The number of nitrogens with two attached hydrogens (primary N) is 2. The molecule has 0 aromatic carbocycles. The Morgan fingerprint density at radius 3 is 2.79 bits per heavy atom. The zero-order valence-electron chi connectivity index (χ0n) is 14.8. The number of rotatable bonds is 6. The van der Waals surface area contributed by atoms with E-state index in [2.05, 4.69) is 19.1 Å². The minimum atomic E-state index is -4.50. The minimum absolute atomic E-state index is 0.00244. The zero-order chi connectivity index (χ0) is 21.5. The van der Waals surface area contributed by atoms with E-state index < -0.39 is 53.4 Å². The Balaban J connectivity index is 1.75. The highest BCUT2D eigenvalue weighted by atomic mass is 35.5. The average Bonchev–Trinajstić information content (AvgIpc) is 3.15. The van der Waals surface area contributed by atoms with Crippen molar-refractivity contribution in [3.8, 4) is 0 Å². The molecule has 0 bridgehead atoms. The number of aromatic nitrogens is 4. The third-order valence-corrected chi connectivity index (χ3v) is 5.13. The smallest absolute Gasteiger partial charge is 0.362 e. The maximum Gasteiger partial charge on any atom is 0.362 e. The van der Waals surface area contributed by atoms with Crippen molar-refractivity contribution in [1.29, 1.82) is 0 Å². The molecule has 160 valence electrons. The molecule has 29 heavy (non-hydrogen) atoms. The number of nitrogens with one attached hydrogen (secondary N) is 1. The van der Waals surface area contributed by atoms with E-state index in [9.17, 15) is 23.4 Å². The van der Waals surface area contributed by atoms with Gasteiger partial charge in [0.1, 0.15) is 23.8 Å². The second-order valence-electron chi connectivity index (χ2n) is 6.24. The van der Waals surface area contributed by atoms with Crippen LogP contribution in [0.25, 0.3) is 11.2 Å². The van der Waals surface area contributed by atoms with Crippen LogP contribution in [0.3, 0.4) is 0 Å². The molecular formula is C13H18ClN7O7S. The number of carbonyl (C=O) groups is 1. The number of ether oxygens (including phenoxy) is 1. The van der Waals surface area contributed by atoms with Gasteiger partial charge in [-0.3, -0.25) is 13.5 Å². The van der Waals surface area contributed by atoms with Gasteiger partial charge in [-0.1, -0.05) is 0 Å². The van der Waals surface area contributed by atoms with E-state index in [0.29, 0.717) is 0 Å². The van der Waals surface area contributed by atoms with Gasteiger partial charge in [0.15, 0.2) is 17.7 Å². The molecule has 1 fully saturated rings. The van der Waals surface area contributed by atoms with Crippen molar-refractivity contribution in [1.82, 2.24) is 24.2 Å². The number of hydrogen-bond donors (Lipinski definition) is 5. The van der Waals surface area contributed by atoms with E-state index in [1.807, 2.05) is 0 Å². The molecule has 1 aliphatic rings. The normalized spacial score (nSPS) is 26.0. The summed E-state index contributed by atoms with van der Waals surface area (Å²) in [7, 11) is -4.50. The summed E-state index contributed by atoms with van der Waals surface area (Å²) in [4.78, 5) is 23.1. The Morgan fingerprint density at radius 2 is 2.14 bits per heavy atom. The van der Waals surface area contributed by atoms with Crippen LogP contribution in [0.2, 0.25) is 5.28 Å². The van der Waals surface area contributed by atoms with E-state index in [1.165, 1.54) is 17.8 Å². The quantitative estimate of drug-likeness (QED) is 0.285. The van der Waals surface area contributed by atoms with Gasteiger partial charge >= 0.3 is 10.3 Å². The third-order valence-electron chi connectivity index (χ3n) is 4.06. The van der Waals surface area contributed by atoms with E-state index in [-0.39, 0.29) is 22.3 Å². The Morgan fingerprint density at radius 1 is 1.45 bits per heavy atom. The van der Waals surface area contributed by atoms with Crippen molar-refractivity contribution in [3.63, 3.8) is 0 Å². The van der Waals surface area contributed by atoms with Gasteiger partial charge in [0.25, 0.3) is 5.91 Å². The van der Waals surface area contributed by atoms with Crippen LogP contribution in [0.1, 0.15) is 13.2 Å². The van der Waals surface area contributed by atoms with Crippen LogP contribution in [-0.4, -0.2) is 75.0 Å². The first-order chi connectivity index (χ1) is 13.5. The zero-order valence-corrected chi connectivity index (χ0v) is 16.4. The number of carbonyl (C=O) groups excluding carboxylic acids is 1. The average molecular weight is 452 g/mol. The van der Waals surface area contributed by atoms with Gasteiger partial charge in [0, 0.05) is 0 Å². The molecule has 7 N–H and O–H groups in total. The third kappa shape index (κ3) is 4.40. The molecule has 2 aromatic heterocycles. The Labute approximate surface area is 169 Å². The lowest BCUT2D eigenvalue weighted by molar-refractivity contribution is -0.120. The summed E-state index contributed by atoms with van der Waals surface area (Å²) >= 11 is 5.79. The summed E-state index contributed by atoms with van der Waals surface area (Å²) in [5, 5.41) is 20.4. The van der Waals surface area contributed by atoms with E-state index >= 15 is 0 Å². The van der Waals surface area contributed by atoms with Crippen molar-refractivity contribution >= 4 is 44.8 Å². The summed E-state index contributed by atoms with van der Waals surface area (Å²) in [5.74, 6) is -0.975. The first-order valence-electron chi connectivity index (χ1n) is 8.14. The highest BCUT2D eigenvalue weighted by Gasteiger charge is 2.45. The minimum Gasteiger partial charge on any atom is -0.387 e. The number of nitrogens with zero attached hydrogens (tertiary/aromatic N) is 4. The van der Waals surface area contributed by atoms with Crippen molar-refractivity contribution in [2.45, 2.75) is 37.5 Å². The molecule has 0 aliphatic carbocycles. The summed E-state index contributed by atoms with van der Waals surface area (Å²) in [6.07, 6.45) is -4.22. The van der Waals surface area contributed by atoms with Crippen LogP contribution in [0, 0.1) is 0 Å². The lowest BCUT2D eigenvalue weighted by atomic mass is 10.1. The molecule has 5 atom stereocenters. The summed E-state index contributed by atoms with van der Waals surface area (Å²) in [6, 6.07) is -1.08. The lowest BCUT2D eigenvalue weighted by Gasteiger charge is -2.16. The monoisotopic (exact) mass is 451 g/mol. The number of aliphatic hydroxyl groups is 2. The van der Waals surface area contributed by atoms with Crippen LogP contribution in [0.5, 0.6) is 0 Å². The molecule has 1 amide bonds. The molecule has 3 heterocycles. The fourth-order valence-corrected chi connectivity index (χ4v) is 3.57. The fourth-order valence-electron chi connectivity index (χ4n) is 2.60. The number of nitrogen functional groups attached to an aromatic ring is 1. The van der Waals surface area contributed by atoms with Crippen LogP contribution in [0.15, 0.2) is 6.33 Å². The van der Waals surface area contributed by atoms with Crippen LogP contribution in [-0.2, 0) is 24.0 Å². The first-order valence-corrected chi connectivity index (χ1v) is 9.92. The topological polar surface area (TPSA) is 218 Å². The summed E-state index contributed by atoms with van der Waals surface area (Å²) in [5.41, 5.74) is 11.3. The van der Waals surface area contributed by atoms with E-state index in [1.54, 1.807) is 4.72 Å². The molecular weight excluding hydrogens is 434 g/mol. The Kier molecular flexibility index (Phi) is 5.91. The van der Waals surface area contributed by atoms with Crippen molar-refractivity contribution in [2.24, 2.45) is 5.73 Å². The molecule has 1 aliphatic heterocycles. The standard InChI is InChI=1S/C13H18ClN7O7S/c1-4(15)11(24)20-29(25,26)27-2-5-7(22)8(23)12(28-5)21-3-17-6-9(16)18-13(14)19-10(6)21/h3-5,7-8,12,22-23H,2,15H2,1H3,(H,20,24)(H2,16,18,19)/t4?,5-,7-,8-,12-/m1/s1. The molecule has 1 unspecified atom stereocenters. The van der Waals surface area contributed by atoms with Crippen LogP contribution in [0.4, 0.5) is 5.82 Å². The molecule has 16 heteroatoms. The molecule has 0 radical (unpaired) electrons. The SMILES string of the molecule is CC(N)C(=O)NS(=O)(=O)OC[C@H]1O[C@@H](n2cnc3c(N)nc(Cl)nc32)[C@H](O)[C@@H]1O. The molecule has 2 aromatic rings. The number of imidazole rings is 1. The summed E-state index contributed by atoms with van der Waals surface area (Å²) < 4.78 is 36.6. The predicted molar refractivity (Wildman–Crippen MR) is 97.3 cm³/mol. The number of anilines is 1. The van der Waals surface area contributed by atoms with Crippen molar-refractivity contribution in [2.75, 3.05) is 12.3 Å². The first kappa shape index (κ1) is 21.6. The lowest BCUT2D eigenvalue weighted by Crippen LogP contribution is -2.43. The largest absolute Gasteiger partial charge is 0.387 e. The van der Waals surface area contributed by atoms with Gasteiger partial charge < -0.3 is 26.4 Å². The fraction of sp³-hybridized carbons (Fsp3) is 0.538. The molecule has 14 nitrogen and oxygen atoms in total. The van der Waals surface area contributed by atoms with Crippen LogP contribution < -0.4 is 16.2 Å². The molecule has 1 saturated heterocycles. The highest BCUT2D eigenvalue weighted by Crippen LogP contribution is 2.32. The highest BCUT2D eigenvalue weighted by molar-refractivity contribution is 7.85. The van der Waals surface area contributed by atoms with Crippen molar-refractivity contribution < 1.29 is 32.3 Å². The van der Waals surface area contributed by atoms with Crippen LogP contribution >= 0.6 is 11.6 Å². The van der Waals surface area contributed by atoms with Gasteiger partial charge in [-0.05, 0) is 18.5 Å². The Bertz CT molecular complexity index is 1030. The Hall–Kier alpha value is -2.14. The number of amides is 1. The van der Waals surface area contributed by atoms with Gasteiger partial charge in [0.2, 0.25) is 5.28 Å². The van der Waals surface area contributed by atoms with Gasteiger partial charge in [-0.25, -0.2) is 9.71 Å². The maximum absolute atomic E-state index is 11.8. The number of hydrogen-bond acceptors (Lipinski definition) is 12. The second kappa shape index (κ2) is 7.94. The molecule has 0 spiro atoms. The number of aliphatic hydroxyl groups excluding tert-OH is 2. The molecule has 0 saturated carbocycles. The number of fused-ring (bicyclic) bond motifs is 1. The van der Waals surface area contributed by atoms with Gasteiger partial charge in [-0.15, -0.1) is 0 Å². The van der Waals surface area contributed by atoms with E-state index in [0.717, 1.165) is 0 Å². The predicted octanol–water partition coefficient (Wildman–Crippen LogP) is -2.59. The summed E-state index contributed by atoms with van der Waals surface area (Å²) in [6.45, 7) is 0.592. The maximum atomic E-state index is 11.8. The second-order valence-corrected chi connectivity index (χ2v) is 7.93. The van der Waals surface area contributed by atoms with Gasteiger partial charge in [0.05, 0.1) is 19.0 Å².